The summed E-state index contributed by atoms with van der Waals surface area (Å²) in [7, 11) is 0. The van der Waals surface area contributed by atoms with Crippen LogP contribution in [0, 0.1) is 0 Å². The van der Waals surface area contributed by atoms with Crippen molar-refractivity contribution in [3.05, 3.63) is 0 Å². The van der Waals surface area contributed by atoms with Crippen molar-refractivity contribution < 1.29 is 24.2 Å². The second-order valence-electron chi connectivity index (χ2n) is 8.20. The Hall–Kier alpha value is -0.350. The van der Waals surface area contributed by atoms with Gasteiger partial charge in [-0.3, -0.25) is 14.6 Å². The summed E-state index contributed by atoms with van der Waals surface area (Å²) in [5, 5.41) is 14.2. The minimum atomic E-state index is -1.49. The van der Waals surface area contributed by atoms with E-state index in [1.54, 1.807) is 13.8 Å². The SMILES string of the molecule is CC(NC(=O)C(O)C(C)OC(C)(C)C)C(=O)N1CCCC(COCC(Cl)(Cl)Cl)N1. The molecule has 1 aliphatic rings. The lowest BCUT2D eigenvalue weighted by atomic mass is 10.1. The number of aliphatic hydroxyl groups excluding tert-OH is 1. The molecule has 4 atom stereocenters. The summed E-state index contributed by atoms with van der Waals surface area (Å²) in [4.78, 5) is 24.9. The van der Waals surface area contributed by atoms with Gasteiger partial charge in [-0.2, -0.15) is 0 Å². The molecule has 2 amide bonds. The molecule has 0 spiro atoms. The Labute approximate surface area is 187 Å². The molecule has 8 nitrogen and oxygen atoms in total. The number of carbonyl (C=O) groups is 2. The van der Waals surface area contributed by atoms with Gasteiger partial charge in [0.15, 0.2) is 6.10 Å². The molecule has 0 bridgehead atoms. The van der Waals surface area contributed by atoms with E-state index >= 15 is 0 Å². The number of halogens is 3. The largest absolute Gasteiger partial charge is 0.381 e. The number of hydrogen-bond donors (Lipinski definition) is 3. The van der Waals surface area contributed by atoms with E-state index in [1.807, 2.05) is 20.8 Å². The number of rotatable bonds is 8. The van der Waals surface area contributed by atoms with Crippen LogP contribution in [0.15, 0.2) is 0 Å². The molecule has 4 unspecified atom stereocenters. The predicted octanol–water partition coefficient (Wildman–Crippen LogP) is 1.94. The highest BCUT2D eigenvalue weighted by atomic mass is 35.6. The molecule has 29 heavy (non-hydrogen) atoms. The van der Waals surface area contributed by atoms with E-state index < -0.39 is 33.6 Å². The minimum Gasteiger partial charge on any atom is -0.381 e. The number of alkyl halides is 3. The molecular weight excluding hydrogens is 445 g/mol. The van der Waals surface area contributed by atoms with Crippen LogP contribution in [0.5, 0.6) is 0 Å². The van der Waals surface area contributed by atoms with Gasteiger partial charge in [-0.25, -0.2) is 5.43 Å². The average Bonchev–Trinajstić information content (AvgIpc) is 2.57. The standard InChI is InChI=1S/C18H32Cl3N3O5/c1-11(22-15(26)14(25)12(2)29-17(3,4)5)16(27)24-8-6-7-13(23-24)9-28-10-18(19,20)21/h11-14,23,25H,6-10H2,1-5H3,(H,22,26). The maximum absolute atomic E-state index is 12.7. The third-order valence-corrected chi connectivity index (χ3v) is 4.43. The van der Waals surface area contributed by atoms with Crippen molar-refractivity contribution in [3.63, 3.8) is 0 Å². The van der Waals surface area contributed by atoms with Crippen molar-refractivity contribution in [1.29, 1.82) is 0 Å². The van der Waals surface area contributed by atoms with E-state index in [0.717, 1.165) is 12.8 Å². The van der Waals surface area contributed by atoms with Crippen molar-refractivity contribution >= 4 is 46.6 Å². The maximum Gasteiger partial charge on any atom is 0.258 e. The monoisotopic (exact) mass is 475 g/mol. The molecule has 3 N–H and O–H groups in total. The quantitative estimate of drug-likeness (QED) is 0.463. The highest BCUT2D eigenvalue weighted by Crippen LogP contribution is 2.26. The number of aliphatic hydroxyl groups is 1. The first-order valence-corrected chi connectivity index (χ1v) is 10.7. The van der Waals surface area contributed by atoms with E-state index in [-0.39, 0.29) is 25.2 Å². The Morgan fingerprint density at radius 2 is 1.90 bits per heavy atom. The highest BCUT2D eigenvalue weighted by molar-refractivity contribution is 6.67. The van der Waals surface area contributed by atoms with Crippen LogP contribution in [-0.2, 0) is 19.1 Å². The lowest BCUT2D eigenvalue weighted by Gasteiger charge is -2.35. The Morgan fingerprint density at radius 1 is 1.28 bits per heavy atom. The number of carbonyl (C=O) groups excluding carboxylic acids is 2. The number of ether oxygens (including phenoxy) is 2. The number of nitrogens with zero attached hydrogens (tertiary/aromatic N) is 1. The first kappa shape index (κ1) is 26.7. The lowest BCUT2D eigenvalue weighted by molar-refractivity contribution is -0.150. The van der Waals surface area contributed by atoms with Gasteiger partial charge in [-0.1, -0.05) is 34.8 Å². The zero-order valence-electron chi connectivity index (χ0n) is 17.5. The number of amides is 2. The number of hydrogen-bond acceptors (Lipinski definition) is 6. The molecule has 1 saturated heterocycles. The van der Waals surface area contributed by atoms with Crippen molar-refractivity contribution in [2.45, 2.75) is 81.1 Å². The maximum atomic E-state index is 12.7. The van der Waals surface area contributed by atoms with Crippen LogP contribution in [0.2, 0.25) is 0 Å². The normalized spacial score (nSPS) is 21.4. The van der Waals surface area contributed by atoms with Gasteiger partial charge in [0.25, 0.3) is 11.8 Å². The molecule has 0 saturated carbocycles. The van der Waals surface area contributed by atoms with Gasteiger partial charge in [-0.15, -0.1) is 0 Å². The van der Waals surface area contributed by atoms with E-state index in [4.69, 9.17) is 44.3 Å². The van der Waals surface area contributed by atoms with Gasteiger partial charge in [0.2, 0.25) is 3.79 Å². The Kier molecular flexibility index (Phi) is 10.4. The summed E-state index contributed by atoms with van der Waals surface area (Å²) < 4.78 is 9.48. The fourth-order valence-corrected chi connectivity index (χ4v) is 3.12. The van der Waals surface area contributed by atoms with E-state index in [2.05, 4.69) is 10.7 Å². The third kappa shape index (κ3) is 10.5. The van der Waals surface area contributed by atoms with Crippen LogP contribution in [0.1, 0.15) is 47.5 Å². The van der Waals surface area contributed by atoms with Crippen LogP contribution in [0.4, 0.5) is 0 Å². The fourth-order valence-electron chi connectivity index (χ4n) is 2.89. The minimum absolute atomic E-state index is 0.0526. The van der Waals surface area contributed by atoms with Gasteiger partial charge >= 0.3 is 0 Å². The molecule has 0 aromatic carbocycles. The first-order valence-electron chi connectivity index (χ1n) is 9.58. The van der Waals surface area contributed by atoms with Crippen LogP contribution >= 0.6 is 34.8 Å². The molecular formula is C18H32Cl3N3O5. The Balaban J connectivity index is 2.52. The summed E-state index contributed by atoms with van der Waals surface area (Å²) in [6.45, 7) is 9.37. The molecule has 170 valence electrons. The summed E-state index contributed by atoms with van der Waals surface area (Å²) in [6, 6.07) is -0.943. The summed E-state index contributed by atoms with van der Waals surface area (Å²) in [5.74, 6) is -0.983. The van der Waals surface area contributed by atoms with Crippen LogP contribution in [-0.4, -0.2) is 75.4 Å². The second kappa shape index (κ2) is 11.3. The molecule has 0 aromatic heterocycles. The first-order chi connectivity index (χ1) is 13.2. The smallest absolute Gasteiger partial charge is 0.258 e. The van der Waals surface area contributed by atoms with Crippen molar-refractivity contribution in [2.24, 2.45) is 0 Å². The van der Waals surface area contributed by atoms with E-state index in [1.165, 1.54) is 5.01 Å². The molecule has 0 aromatic rings. The zero-order chi connectivity index (χ0) is 22.4. The van der Waals surface area contributed by atoms with Crippen LogP contribution < -0.4 is 10.7 Å². The molecule has 0 aliphatic carbocycles. The molecule has 0 radical (unpaired) electrons. The molecule has 11 heteroatoms. The van der Waals surface area contributed by atoms with Crippen LogP contribution in [0.25, 0.3) is 0 Å². The second-order valence-corrected chi connectivity index (χ2v) is 10.7. The Morgan fingerprint density at radius 3 is 2.45 bits per heavy atom. The molecule has 1 fully saturated rings. The van der Waals surface area contributed by atoms with Gasteiger partial charge in [0.1, 0.15) is 6.04 Å². The molecule has 1 aliphatic heterocycles. The molecule has 1 heterocycles. The topological polar surface area (TPSA) is 100 Å². The summed E-state index contributed by atoms with van der Waals surface area (Å²) in [6.07, 6.45) is -0.544. The van der Waals surface area contributed by atoms with Gasteiger partial charge in [0, 0.05) is 12.6 Å². The molecule has 1 rings (SSSR count). The Bertz CT molecular complexity index is 554. The average molecular weight is 477 g/mol. The van der Waals surface area contributed by atoms with Gasteiger partial charge < -0.3 is 19.9 Å². The zero-order valence-corrected chi connectivity index (χ0v) is 19.8. The van der Waals surface area contributed by atoms with Gasteiger partial charge in [0.05, 0.1) is 24.9 Å². The summed E-state index contributed by atoms with van der Waals surface area (Å²) in [5.41, 5.74) is 2.56. The number of nitrogens with one attached hydrogen (secondary N) is 2. The van der Waals surface area contributed by atoms with E-state index in [0.29, 0.717) is 6.54 Å². The third-order valence-electron chi connectivity index (χ3n) is 4.11. The lowest BCUT2D eigenvalue weighted by Crippen LogP contribution is -2.59. The van der Waals surface area contributed by atoms with Crippen molar-refractivity contribution in [1.82, 2.24) is 15.8 Å². The predicted molar refractivity (Wildman–Crippen MR) is 113 cm³/mol. The van der Waals surface area contributed by atoms with Crippen LogP contribution in [0.3, 0.4) is 0 Å². The van der Waals surface area contributed by atoms with Crippen molar-refractivity contribution in [3.8, 4) is 0 Å². The van der Waals surface area contributed by atoms with Crippen molar-refractivity contribution in [2.75, 3.05) is 19.8 Å². The van der Waals surface area contributed by atoms with E-state index in [9.17, 15) is 14.7 Å². The fraction of sp³-hybridized carbons (Fsp3) is 0.889. The number of hydrazine groups is 1. The van der Waals surface area contributed by atoms with Gasteiger partial charge in [-0.05, 0) is 47.5 Å². The highest BCUT2D eigenvalue weighted by Gasteiger charge is 2.32. The summed E-state index contributed by atoms with van der Waals surface area (Å²) >= 11 is 17.0.